The molecule has 7 heteroatoms. The number of benzene rings is 2. The third-order valence-corrected chi connectivity index (χ3v) is 5.16. The molecule has 0 unspecified atom stereocenters. The van der Waals surface area contributed by atoms with Crippen molar-refractivity contribution in [2.75, 3.05) is 18.5 Å². The van der Waals surface area contributed by atoms with Crippen molar-refractivity contribution in [2.45, 2.75) is 30.9 Å². The first-order chi connectivity index (χ1) is 12.9. The van der Waals surface area contributed by atoms with Crippen molar-refractivity contribution in [2.24, 2.45) is 0 Å². The van der Waals surface area contributed by atoms with Gasteiger partial charge in [-0.15, -0.1) is 11.8 Å². The molecule has 0 aromatic heterocycles. The summed E-state index contributed by atoms with van der Waals surface area (Å²) >= 11 is 1.35. The molecule has 0 fully saturated rings. The Morgan fingerprint density at radius 2 is 1.78 bits per heavy atom. The number of hydrogen-bond acceptors (Lipinski definition) is 5. The number of thioether (sulfide) groups is 1. The van der Waals surface area contributed by atoms with E-state index in [0.717, 1.165) is 16.0 Å². The maximum atomic E-state index is 12.3. The number of hydrogen-bond donors (Lipinski definition) is 2. The fraction of sp³-hybridized carbons (Fsp3) is 0.300. The van der Waals surface area contributed by atoms with E-state index in [1.165, 1.54) is 11.8 Å². The molecule has 2 N–H and O–H groups in total. The number of fused-ring (bicyclic) bond motifs is 1. The van der Waals surface area contributed by atoms with Crippen molar-refractivity contribution in [1.29, 1.82) is 0 Å². The zero-order chi connectivity index (χ0) is 19.4. The molecule has 3 amide bonds. The minimum atomic E-state index is -0.540. The predicted octanol–water partition coefficient (Wildman–Crippen LogP) is 3.90. The molecular formula is C20H22N2O4S. The van der Waals surface area contributed by atoms with Crippen LogP contribution in [-0.2, 0) is 4.79 Å². The van der Waals surface area contributed by atoms with Crippen LogP contribution in [-0.4, -0.2) is 30.4 Å². The average Bonchev–Trinajstić information content (AvgIpc) is 2.64. The highest BCUT2D eigenvalue weighted by Gasteiger charge is 2.19. The highest BCUT2D eigenvalue weighted by molar-refractivity contribution is 8.00. The smallest absolute Gasteiger partial charge is 0.325 e. The minimum absolute atomic E-state index is 0.364. The number of urea groups is 1. The fourth-order valence-corrected chi connectivity index (χ4v) is 3.57. The van der Waals surface area contributed by atoms with Gasteiger partial charge < -0.3 is 14.8 Å². The van der Waals surface area contributed by atoms with Crippen molar-refractivity contribution >= 4 is 29.4 Å². The second-order valence-corrected chi connectivity index (χ2v) is 7.74. The third-order valence-electron chi connectivity index (χ3n) is 4.06. The van der Waals surface area contributed by atoms with Crippen LogP contribution in [0.2, 0.25) is 0 Å². The van der Waals surface area contributed by atoms with E-state index in [9.17, 15) is 9.59 Å². The van der Waals surface area contributed by atoms with Crippen LogP contribution >= 0.6 is 11.8 Å². The van der Waals surface area contributed by atoms with E-state index in [-0.39, 0.29) is 5.91 Å². The number of carbonyl (C=O) groups is 2. The van der Waals surface area contributed by atoms with Crippen LogP contribution in [0.1, 0.15) is 18.1 Å². The topological polar surface area (TPSA) is 76.7 Å². The normalized spacial score (nSPS) is 13.6. The summed E-state index contributed by atoms with van der Waals surface area (Å²) in [6.07, 6.45) is 0. The van der Waals surface area contributed by atoms with E-state index in [1.807, 2.05) is 50.2 Å². The molecule has 1 atom stereocenters. The summed E-state index contributed by atoms with van der Waals surface area (Å²) in [7, 11) is 0. The lowest BCUT2D eigenvalue weighted by Crippen LogP contribution is -2.39. The van der Waals surface area contributed by atoms with Gasteiger partial charge in [0.15, 0.2) is 11.5 Å². The Morgan fingerprint density at radius 3 is 2.52 bits per heavy atom. The van der Waals surface area contributed by atoms with Crippen molar-refractivity contribution in [3.05, 3.63) is 47.5 Å². The average molecular weight is 386 g/mol. The number of amides is 3. The summed E-state index contributed by atoms with van der Waals surface area (Å²) in [5.74, 6) is 1.01. The minimum Gasteiger partial charge on any atom is -0.486 e. The molecule has 0 saturated carbocycles. The van der Waals surface area contributed by atoms with Gasteiger partial charge in [0.2, 0.25) is 5.91 Å². The molecule has 142 valence electrons. The second kappa shape index (κ2) is 8.35. The van der Waals surface area contributed by atoms with Crippen LogP contribution in [0.5, 0.6) is 11.5 Å². The number of imide groups is 1. The highest BCUT2D eigenvalue weighted by Crippen LogP contribution is 2.35. The monoisotopic (exact) mass is 386 g/mol. The number of carbonyl (C=O) groups excluding carboxylic acids is 2. The Kier molecular flexibility index (Phi) is 5.91. The van der Waals surface area contributed by atoms with Gasteiger partial charge in [0.25, 0.3) is 0 Å². The van der Waals surface area contributed by atoms with Crippen molar-refractivity contribution in [1.82, 2.24) is 5.32 Å². The lowest BCUT2D eigenvalue weighted by atomic mass is 10.1. The molecule has 0 spiro atoms. The molecule has 1 heterocycles. The maximum Gasteiger partial charge on any atom is 0.325 e. The Bertz CT molecular complexity index is 869. The summed E-state index contributed by atoms with van der Waals surface area (Å²) in [4.78, 5) is 25.3. The largest absolute Gasteiger partial charge is 0.486 e. The van der Waals surface area contributed by atoms with Gasteiger partial charge in [-0.1, -0.05) is 17.7 Å². The number of aryl methyl sites for hydroxylation is 2. The second-order valence-electron chi connectivity index (χ2n) is 6.33. The van der Waals surface area contributed by atoms with Gasteiger partial charge in [-0.2, -0.15) is 0 Å². The molecular weight excluding hydrogens is 364 g/mol. The highest BCUT2D eigenvalue weighted by atomic mass is 32.2. The predicted molar refractivity (Wildman–Crippen MR) is 106 cm³/mol. The lowest BCUT2D eigenvalue weighted by Gasteiger charge is -2.19. The standard InChI is InChI=1S/C20H22N2O4S/c1-12-4-6-16(13(2)10-12)21-20(24)22-19(23)14(3)27-15-5-7-17-18(11-15)26-9-8-25-17/h4-7,10-11,14H,8-9H2,1-3H3,(H2,21,22,23,24)/t14-/m1/s1. The molecule has 27 heavy (non-hydrogen) atoms. The lowest BCUT2D eigenvalue weighted by molar-refractivity contribution is -0.119. The molecule has 0 radical (unpaired) electrons. The summed E-state index contributed by atoms with van der Waals surface area (Å²) in [5.41, 5.74) is 2.73. The summed E-state index contributed by atoms with van der Waals surface area (Å²) in [5, 5.41) is 4.65. The fourth-order valence-electron chi connectivity index (χ4n) is 2.68. The first-order valence-corrected chi connectivity index (χ1v) is 9.56. The molecule has 0 saturated heterocycles. The van der Waals surface area contributed by atoms with Gasteiger partial charge in [0.05, 0.1) is 5.25 Å². The van der Waals surface area contributed by atoms with Crippen molar-refractivity contribution in [3.8, 4) is 11.5 Å². The van der Waals surface area contributed by atoms with E-state index < -0.39 is 11.3 Å². The van der Waals surface area contributed by atoms with Crippen LogP contribution < -0.4 is 20.1 Å². The Balaban J connectivity index is 1.56. The summed E-state index contributed by atoms with van der Waals surface area (Å²) in [6, 6.07) is 10.7. The molecule has 0 aliphatic carbocycles. The summed E-state index contributed by atoms with van der Waals surface area (Å²) in [6.45, 7) is 6.69. The van der Waals surface area contributed by atoms with Gasteiger partial charge in [0.1, 0.15) is 13.2 Å². The third kappa shape index (κ3) is 4.95. The number of nitrogens with one attached hydrogen (secondary N) is 2. The Labute approximate surface area is 162 Å². The zero-order valence-electron chi connectivity index (χ0n) is 15.5. The first-order valence-electron chi connectivity index (χ1n) is 8.68. The SMILES string of the molecule is Cc1ccc(NC(=O)NC(=O)[C@@H](C)Sc2ccc3c(c2)OCCO3)c(C)c1. The number of rotatable bonds is 4. The zero-order valence-corrected chi connectivity index (χ0v) is 16.3. The van der Waals surface area contributed by atoms with E-state index in [4.69, 9.17) is 9.47 Å². The van der Waals surface area contributed by atoms with Gasteiger partial charge in [-0.3, -0.25) is 10.1 Å². The van der Waals surface area contributed by atoms with Gasteiger partial charge in [-0.05, 0) is 50.6 Å². The molecule has 2 aromatic carbocycles. The van der Waals surface area contributed by atoms with Crippen LogP contribution in [0.3, 0.4) is 0 Å². The van der Waals surface area contributed by atoms with Gasteiger partial charge in [-0.25, -0.2) is 4.79 Å². The van der Waals surface area contributed by atoms with E-state index in [0.29, 0.717) is 30.4 Å². The molecule has 1 aliphatic rings. The van der Waals surface area contributed by atoms with Crippen LogP contribution in [0.4, 0.5) is 10.5 Å². The van der Waals surface area contributed by atoms with E-state index in [1.54, 1.807) is 6.92 Å². The maximum absolute atomic E-state index is 12.3. The number of anilines is 1. The van der Waals surface area contributed by atoms with E-state index >= 15 is 0 Å². The van der Waals surface area contributed by atoms with Crippen LogP contribution in [0, 0.1) is 13.8 Å². The molecule has 3 rings (SSSR count). The molecule has 2 aromatic rings. The van der Waals surface area contributed by atoms with Gasteiger partial charge >= 0.3 is 6.03 Å². The molecule has 6 nitrogen and oxygen atoms in total. The van der Waals surface area contributed by atoms with E-state index in [2.05, 4.69) is 10.6 Å². The van der Waals surface area contributed by atoms with Crippen LogP contribution in [0.25, 0.3) is 0 Å². The van der Waals surface area contributed by atoms with Crippen molar-refractivity contribution in [3.63, 3.8) is 0 Å². The van der Waals surface area contributed by atoms with Crippen molar-refractivity contribution < 1.29 is 19.1 Å². The Hall–Kier alpha value is -2.67. The van der Waals surface area contributed by atoms with Crippen LogP contribution in [0.15, 0.2) is 41.3 Å². The van der Waals surface area contributed by atoms with Gasteiger partial charge in [0, 0.05) is 10.6 Å². The number of ether oxygens (including phenoxy) is 2. The quantitative estimate of drug-likeness (QED) is 0.780. The molecule has 0 bridgehead atoms. The molecule has 1 aliphatic heterocycles. The Morgan fingerprint density at radius 1 is 1.04 bits per heavy atom. The first kappa shape index (κ1) is 19.1. The summed E-state index contributed by atoms with van der Waals surface area (Å²) < 4.78 is 11.0.